The van der Waals surface area contributed by atoms with Crippen molar-refractivity contribution < 1.29 is 28.4 Å². The van der Waals surface area contributed by atoms with E-state index in [2.05, 4.69) is 30.9 Å². The fourth-order valence-electron chi connectivity index (χ4n) is 4.28. The van der Waals surface area contributed by atoms with Crippen molar-refractivity contribution in [2.45, 2.75) is 13.0 Å². The predicted octanol–water partition coefficient (Wildman–Crippen LogP) is 4.60. The number of pyridine rings is 1. The SMILES string of the molecule is COC(=O)c1ccnc(NC(=O)C2=C(C)NC(Nc3nc4cccc([N+](=O)[O-])c4o3)=N[C@H]2c2ccc(OC)cc2Cl)c1. The monoisotopic (exact) mass is 591 g/mol. The number of oxazole rings is 1. The molecule has 3 N–H and O–H groups in total. The molecular weight excluding hydrogens is 570 g/mol. The third kappa shape index (κ3) is 5.55. The van der Waals surface area contributed by atoms with Crippen molar-refractivity contribution in [1.29, 1.82) is 0 Å². The number of aromatic nitrogens is 2. The van der Waals surface area contributed by atoms with Gasteiger partial charge in [-0.2, -0.15) is 4.98 Å². The molecule has 0 unspecified atom stereocenters. The highest BCUT2D eigenvalue weighted by Gasteiger charge is 2.32. The average molecular weight is 592 g/mol. The maximum Gasteiger partial charge on any atom is 0.338 e. The summed E-state index contributed by atoms with van der Waals surface area (Å²) in [6.45, 7) is 1.66. The number of hydrogen-bond acceptors (Lipinski definition) is 12. The van der Waals surface area contributed by atoms with Gasteiger partial charge in [0.1, 0.15) is 23.1 Å². The number of fused-ring (bicyclic) bond motifs is 1. The number of nitro groups is 1. The van der Waals surface area contributed by atoms with Gasteiger partial charge in [-0.15, -0.1) is 0 Å². The highest BCUT2D eigenvalue weighted by atomic mass is 35.5. The number of carbonyl (C=O) groups is 2. The van der Waals surface area contributed by atoms with Crippen LogP contribution in [0.5, 0.6) is 5.75 Å². The lowest BCUT2D eigenvalue weighted by atomic mass is 9.95. The van der Waals surface area contributed by atoms with Crippen LogP contribution >= 0.6 is 11.6 Å². The maximum absolute atomic E-state index is 13.6. The number of nitrogens with one attached hydrogen (secondary N) is 3. The van der Waals surface area contributed by atoms with E-state index in [1.165, 1.54) is 44.7 Å². The van der Waals surface area contributed by atoms with Crippen LogP contribution in [0.25, 0.3) is 11.1 Å². The average Bonchev–Trinajstić information content (AvgIpc) is 3.38. The van der Waals surface area contributed by atoms with E-state index in [0.717, 1.165) is 0 Å². The first kappa shape index (κ1) is 28.0. The Morgan fingerprint density at radius 2 is 1.98 bits per heavy atom. The summed E-state index contributed by atoms with van der Waals surface area (Å²) in [6, 6.07) is 11.2. The second kappa shape index (κ2) is 11.5. The fraction of sp³-hybridized carbons (Fsp3) is 0.148. The number of benzene rings is 2. The number of aliphatic imine (C=N–C) groups is 1. The number of nitrogens with zero attached hydrogens (tertiary/aromatic N) is 4. The molecular formula is C27H22ClN7O7. The number of halogens is 1. The van der Waals surface area contributed by atoms with Crippen LogP contribution in [-0.4, -0.2) is 46.9 Å². The number of non-ortho nitro benzene ring substituents is 1. The summed E-state index contributed by atoms with van der Waals surface area (Å²) in [5, 5.41) is 20.3. The van der Waals surface area contributed by atoms with Crippen LogP contribution in [0.1, 0.15) is 28.9 Å². The van der Waals surface area contributed by atoms with Crippen LogP contribution in [0.2, 0.25) is 5.02 Å². The summed E-state index contributed by atoms with van der Waals surface area (Å²) in [6.07, 6.45) is 1.37. The van der Waals surface area contributed by atoms with Crippen LogP contribution in [0.15, 0.2) is 75.4 Å². The molecule has 0 bridgehead atoms. The Morgan fingerprint density at radius 3 is 2.69 bits per heavy atom. The number of carbonyl (C=O) groups excluding carboxylic acids is 2. The van der Waals surface area contributed by atoms with Gasteiger partial charge in [0.05, 0.1) is 30.3 Å². The summed E-state index contributed by atoms with van der Waals surface area (Å²) >= 11 is 6.60. The molecule has 0 saturated heterocycles. The van der Waals surface area contributed by atoms with Crippen LogP contribution in [0, 0.1) is 10.1 Å². The molecule has 2 aromatic heterocycles. The molecule has 2 aromatic carbocycles. The minimum absolute atomic E-state index is 0.00910. The van der Waals surface area contributed by atoms with E-state index in [4.69, 9.17) is 25.5 Å². The zero-order valence-electron chi connectivity index (χ0n) is 22.3. The first-order valence-corrected chi connectivity index (χ1v) is 12.6. The Balaban J connectivity index is 1.51. The molecule has 14 nitrogen and oxygen atoms in total. The van der Waals surface area contributed by atoms with Gasteiger partial charge in [-0.25, -0.2) is 14.8 Å². The summed E-state index contributed by atoms with van der Waals surface area (Å²) in [5.74, 6) is -0.393. The van der Waals surface area contributed by atoms with Crippen molar-refractivity contribution in [3.05, 3.63) is 92.3 Å². The topological polar surface area (TPSA) is 183 Å². The van der Waals surface area contributed by atoms with E-state index in [0.29, 0.717) is 17.0 Å². The van der Waals surface area contributed by atoms with Crippen molar-refractivity contribution in [3.63, 3.8) is 0 Å². The largest absolute Gasteiger partial charge is 0.497 e. The Bertz CT molecular complexity index is 1800. The van der Waals surface area contributed by atoms with Gasteiger partial charge in [0.25, 0.3) is 5.91 Å². The van der Waals surface area contributed by atoms with Crippen LogP contribution in [0.3, 0.4) is 0 Å². The number of para-hydroxylation sites is 1. The number of hydrogen-bond donors (Lipinski definition) is 3. The number of methoxy groups -OCH3 is 2. The summed E-state index contributed by atoms with van der Waals surface area (Å²) in [4.78, 5) is 49.5. The van der Waals surface area contributed by atoms with Crippen LogP contribution < -0.4 is 20.7 Å². The molecule has 1 aliphatic rings. The van der Waals surface area contributed by atoms with Crippen molar-refractivity contribution in [3.8, 4) is 5.75 Å². The fourth-order valence-corrected chi connectivity index (χ4v) is 4.55. The molecule has 0 fully saturated rings. The number of anilines is 2. The minimum Gasteiger partial charge on any atom is -0.497 e. The smallest absolute Gasteiger partial charge is 0.338 e. The van der Waals surface area contributed by atoms with E-state index < -0.39 is 22.8 Å². The Morgan fingerprint density at radius 1 is 1.17 bits per heavy atom. The van der Waals surface area contributed by atoms with Gasteiger partial charge in [-0.05, 0) is 37.3 Å². The van der Waals surface area contributed by atoms with Gasteiger partial charge in [0, 0.05) is 28.5 Å². The van der Waals surface area contributed by atoms with E-state index in [-0.39, 0.29) is 50.7 Å². The highest BCUT2D eigenvalue weighted by molar-refractivity contribution is 6.31. The molecule has 1 aliphatic heterocycles. The van der Waals surface area contributed by atoms with Gasteiger partial charge in [-0.3, -0.25) is 20.2 Å². The number of esters is 1. The molecule has 1 amide bonds. The first-order valence-electron chi connectivity index (χ1n) is 12.2. The third-order valence-electron chi connectivity index (χ3n) is 6.23. The Labute approximate surface area is 242 Å². The van der Waals surface area contributed by atoms with Gasteiger partial charge < -0.3 is 24.5 Å². The molecule has 0 radical (unpaired) electrons. The van der Waals surface area contributed by atoms with Gasteiger partial charge in [0.2, 0.25) is 11.5 Å². The first-order chi connectivity index (χ1) is 20.2. The second-order valence-corrected chi connectivity index (χ2v) is 9.24. The number of allylic oxidation sites excluding steroid dienone is 1. The standard InChI is InChI=1S/C27H22ClN7O7/c1-13-21(24(36)32-20-11-14(9-10-29-20)25(37)41-3)22(16-8-7-15(40-2)12-17(16)28)33-26(30-13)34-27-31-18-5-4-6-19(35(38)39)23(18)42-27/h4-12,22H,1-3H3,(H,29,32,36)(H2,30,31,33,34)/t22-/m0/s1. The molecule has 5 rings (SSSR count). The van der Waals surface area contributed by atoms with Crippen molar-refractivity contribution in [2.24, 2.45) is 4.99 Å². The van der Waals surface area contributed by atoms with Gasteiger partial charge in [-0.1, -0.05) is 23.7 Å². The van der Waals surface area contributed by atoms with Gasteiger partial charge >= 0.3 is 17.7 Å². The van der Waals surface area contributed by atoms with E-state index in [9.17, 15) is 19.7 Å². The second-order valence-electron chi connectivity index (χ2n) is 8.83. The number of rotatable bonds is 7. The van der Waals surface area contributed by atoms with E-state index >= 15 is 0 Å². The minimum atomic E-state index is -0.935. The maximum atomic E-state index is 13.6. The molecule has 4 aromatic rings. The van der Waals surface area contributed by atoms with Crippen LogP contribution in [0.4, 0.5) is 17.5 Å². The Kier molecular flexibility index (Phi) is 7.71. The number of nitro benzene ring substituents is 1. The predicted molar refractivity (Wildman–Crippen MR) is 153 cm³/mol. The zero-order valence-corrected chi connectivity index (χ0v) is 23.1. The number of ether oxygens (including phenoxy) is 2. The molecule has 15 heteroatoms. The quantitative estimate of drug-likeness (QED) is 0.155. The summed E-state index contributed by atoms with van der Waals surface area (Å²) < 4.78 is 15.6. The van der Waals surface area contributed by atoms with Crippen LogP contribution in [-0.2, 0) is 9.53 Å². The lowest BCUT2D eigenvalue weighted by Crippen LogP contribution is -2.37. The molecule has 0 spiro atoms. The number of guanidine groups is 1. The molecule has 0 aliphatic carbocycles. The van der Waals surface area contributed by atoms with Crippen molar-refractivity contribution >= 4 is 58.1 Å². The lowest BCUT2D eigenvalue weighted by Gasteiger charge is -2.27. The summed E-state index contributed by atoms with van der Waals surface area (Å²) in [5.41, 5.74) is 1.30. The normalized spacial score (nSPS) is 14.6. The zero-order chi connectivity index (χ0) is 30.0. The van der Waals surface area contributed by atoms with Crippen molar-refractivity contribution in [1.82, 2.24) is 15.3 Å². The van der Waals surface area contributed by atoms with E-state index in [1.807, 2.05) is 0 Å². The lowest BCUT2D eigenvalue weighted by molar-refractivity contribution is -0.383. The molecule has 1 atom stereocenters. The molecule has 214 valence electrons. The van der Waals surface area contributed by atoms with Gasteiger partial charge in [0.15, 0.2) is 0 Å². The molecule has 3 heterocycles. The third-order valence-corrected chi connectivity index (χ3v) is 6.55. The Hall–Kier alpha value is -5.50. The molecule has 42 heavy (non-hydrogen) atoms. The van der Waals surface area contributed by atoms with E-state index in [1.54, 1.807) is 31.2 Å². The highest BCUT2D eigenvalue weighted by Crippen LogP contribution is 2.37. The summed E-state index contributed by atoms with van der Waals surface area (Å²) in [7, 11) is 2.75. The molecule has 0 saturated carbocycles. The van der Waals surface area contributed by atoms with Crippen molar-refractivity contribution in [2.75, 3.05) is 24.9 Å². The number of amides is 1.